The molecule has 2 aromatic rings. The highest BCUT2D eigenvalue weighted by Crippen LogP contribution is 2.11. The Morgan fingerprint density at radius 2 is 1.92 bits per heavy atom. The molecule has 1 heterocycles. The fourth-order valence-electron chi connectivity index (χ4n) is 2.75. The van der Waals surface area contributed by atoms with E-state index in [4.69, 9.17) is 0 Å². The smallest absolute Gasteiger partial charge is 0.191 e. The molecule has 0 aliphatic heterocycles. The van der Waals surface area contributed by atoms with Gasteiger partial charge in [-0.15, -0.1) is 10.2 Å². The van der Waals surface area contributed by atoms with Crippen LogP contribution in [0.3, 0.4) is 0 Å². The van der Waals surface area contributed by atoms with E-state index in [1.807, 2.05) is 6.07 Å². The van der Waals surface area contributed by atoms with Gasteiger partial charge in [0.2, 0.25) is 0 Å². The maximum absolute atomic E-state index is 4.27. The third-order valence-corrected chi connectivity index (χ3v) is 4.29. The van der Waals surface area contributed by atoms with Gasteiger partial charge in [0.05, 0.1) is 0 Å². The molecule has 0 unspecified atom stereocenters. The van der Waals surface area contributed by atoms with Crippen LogP contribution in [0.1, 0.15) is 25.6 Å². The quantitative estimate of drug-likeness (QED) is 0.386. The van der Waals surface area contributed by atoms with Crippen molar-refractivity contribution in [2.75, 3.05) is 38.6 Å². The van der Waals surface area contributed by atoms with Gasteiger partial charge in [-0.1, -0.05) is 25.1 Å². The molecule has 0 fully saturated rings. The van der Waals surface area contributed by atoms with Crippen LogP contribution in [0.25, 0.3) is 0 Å². The Kier molecular flexibility index (Phi) is 8.45. The lowest BCUT2D eigenvalue weighted by atomic mass is 10.2. The molecular weight excluding hydrogens is 326 g/mol. The van der Waals surface area contributed by atoms with E-state index in [0.29, 0.717) is 0 Å². The third kappa shape index (κ3) is 6.38. The summed E-state index contributed by atoms with van der Waals surface area (Å²) in [6.07, 6.45) is 4.91. The lowest BCUT2D eigenvalue weighted by Gasteiger charge is -2.19. The van der Waals surface area contributed by atoms with Crippen molar-refractivity contribution in [3.63, 3.8) is 0 Å². The number of guanidine groups is 1. The zero-order chi connectivity index (χ0) is 18.6. The summed E-state index contributed by atoms with van der Waals surface area (Å²) >= 11 is 0. The van der Waals surface area contributed by atoms with Crippen molar-refractivity contribution in [2.24, 2.45) is 4.99 Å². The first kappa shape index (κ1) is 19.8. The van der Waals surface area contributed by atoms with Crippen LogP contribution in [0.2, 0.25) is 0 Å². The summed E-state index contributed by atoms with van der Waals surface area (Å²) in [4.78, 5) is 6.56. The number of aliphatic imine (C=N–C) groups is 1. The average Bonchev–Trinajstić information content (AvgIpc) is 3.14. The second-order valence-corrected chi connectivity index (χ2v) is 6.18. The van der Waals surface area contributed by atoms with Crippen molar-refractivity contribution in [3.05, 3.63) is 42.5 Å². The van der Waals surface area contributed by atoms with Crippen LogP contribution >= 0.6 is 0 Å². The Hall–Kier alpha value is -2.57. The van der Waals surface area contributed by atoms with Crippen molar-refractivity contribution >= 4 is 11.6 Å². The number of hydrogen-bond donors (Lipinski definition) is 2. The van der Waals surface area contributed by atoms with Gasteiger partial charge in [-0.25, -0.2) is 0 Å². The van der Waals surface area contributed by atoms with Gasteiger partial charge in [-0.3, -0.25) is 4.99 Å². The fourth-order valence-corrected chi connectivity index (χ4v) is 2.75. The number of hydrogen-bond acceptors (Lipinski definition) is 4. The monoisotopic (exact) mass is 357 g/mol. The molecule has 2 N–H and O–H groups in total. The molecule has 0 spiro atoms. The number of unbranched alkanes of at least 4 members (excludes halogenated alkanes) is 1. The molecule has 0 radical (unpaired) electrons. The molecule has 26 heavy (non-hydrogen) atoms. The number of benzene rings is 1. The normalized spacial score (nSPS) is 11.4. The number of nitrogens with zero attached hydrogens (tertiary/aromatic N) is 5. The van der Waals surface area contributed by atoms with Crippen LogP contribution in [-0.4, -0.2) is 54.5 Å². The molecule has 0 atom stereocenters. The minimum atomic E-state index is 0.793. The topological polar surface area (TPSA) is 70.4 Å². The zero-order valence-electron chi connectivity index (χ0n) is 16.1. The van der Waals surface area contributed by atoms with E-state index in [1.165, 1.54) is 5.69 Å². The maximum atomic E-state index is 4.27. The highest BCUT2D eigenvalue weighted by atomic mass is 15.3. The lowest BCUT2D eigenvalue weighted by Crippen LogP contribution is -2.39. The fraction of sp³-hybridized carbons (Fsp3) is 0.526. The van der Waals surface area contributed by atoms with Crippen molar-refractivity contribution in [1.29, 1.82) is 0 Å². The van der Waals surface area contributed by atoms with Crippen molar-refractivity contribution < 1.29 is 0 Å². The number of rotatable bonds is 10. The van der Waals surface area contributed by atoms with E-state index in [0.717, 1.165) is 57.2 Å². The first-order valence-corrected chi connectivity index (χ1v) is 9.32. The highest BCUT2D eigenvalue weighted by Gasteiger charge is 2.03. The summed E-state index contributed by atoms with van der Waals surface area (Å²) < 4.78 is 2.07. The van der Waals surface area contributed by atoms with Gasteiger partial charge >= 0.3 is 0 Å². The van der Waals surface area contributed by atoms with Gasteiger partial charge < -0.3 is 20.1 Å². The van der Waals surface area contributed by atoms with Gasteiger partial charge in [-0.05, 0) is 25.0 Å². The average molecular weight is 358 g/mol. The maximum Gasteiger partial charge on any atom is 0.191 e. The number of aromatic nitrogens is 3. The van der Waals surface area contributed by atoms with Gasteiger partial charge in [0.25, 0.3) is 0 Å². The predicted octanol–water partition coefficient (Wildman–Crippen LogP) is 1.92. The van der Waals surface area contributed by atoms with Crippen LogP contribution in [-0.2, 0) is 13.0 Å². The molecule has 0 amide bonds. The summed E-state index contributed by atoms with van der Waals surface area (Å²) in [7, 11) is 3.94. The van der Waals surface area contributed by atoms with Gasteiger partial charge in [0, 0.05) is 52.4 Å². The Morgan fingerprint density at radius 1 is 1.15 bits per heavy atom. The molecule has 0 aliphatic carbocycles. The first-order chi connectivity index (χ1) is 12.7. The number of aryl methyl sites for hydroxylation is 1. The Morgan fingerprint density at radius 3 is 2.65 bits per heavy atom. The van der Waals surface area contributed by atoms with Gasteiger partial charge in [-0.2, -0.15) is 0 Å². The molecule has 0 saturated carbocycles. The minimum absolute atomic E-state index is 0.793. The van der Waals surface area contributed by atoms with Crippen molar-refractivity contribution in [1.82, 2.24) is 25.4 Å². The second kappa shape index (κ2) is 11.1. The summed E-state index contributed by atoms with van der Waals surface area (Å²) in [5.74, 6) is 1.85. The minimum Gasteiger partial charge on any atom is -0.375 e. The van der Waals surface area contributed by atoms with Crippen LogP contribution in [0.4, 0.5) is 5.69 Å². The number of anilines is 1. The van der Waals surface area contributed by atoms with Crippen molar-refractivity contribution in [2.45, 2.75) is 32.7 Å². The van der Waals surface area contributed by atoms with Crippen LogP contribution in [0, 0.1) is 0 Å². The molecular formula is C19H31N7. The van der Waals surface area contributed by atoms with Crippen LogP contribution in [0.5, 0.6) is 0 Å². The van der Waals surface area contributed by atoms with Crippen LogP contribution < -0.4 is 15.5 Å². The number of para-hydroxylation sites is 1. The summed E-state index contributed by atoms with van der Waals surface area (Å²) in [5.41, 5.74) is 1.26. The number of nitrogens with one attached hydrogen (secondary N) is 2. The molecule has 0 bridgehead atoms. The molecule has 7 heteroatoms. The van der Waals surface area contributed by atoms with E-state index < -0.39 is 0 Å². The highest BCUT2D eigenvalue weighted by molar-refractivity contribution is 5.79. The van der Waals surface area contributed by atoms with Gasteiger partial charge in [0.1, 0.15) is 12.2 Å². The molecule has 142 valence electrons. The SMILES string of the molecule is CCc1nncn1CCNC(=NC)NCCCCN(C)c1ccccc1. The van der Waals surface area contributed by atoms with E-state index in [9.17, 15) is 0 Å². The largest absolute Gasteiger partial charge is 0.375 e. The molecule has 2 rings (SSSR count). The molecule has 1 aromatic heterocycles. The Balaban J connectivity index is 1.59. The summed E-state index contributed by atoms with van der Waals surface area (Å²) in [6, 6.07) is 10.5. The van der Waals surface area contributed by atoms with E-state index in [-0.39, 0.29) is 0 Å². The van der Waals surface area contributed by atoms with Gasteiger partial charge in [0.15, 0.2) is 5.96 Å². The first-order valence-electron chi connectivity index (χ1n) is 9.32. The second-order valence-electron chi connectivity index (χ2n) is 6.18. The third-order valence-electron chi connectivity index (χ3n) is 4.29. The zero-order valence-corrected chi connectivity index (χ0v) is 16.1. The Bertz CT molecular complexity index is 651. The van der Waals surface area contributed by atoms with E-state index in [1.54, 1.807) is 13.4 Å². The molecule has 0 saturated heterocycles. The van der Waals surface area contributed by atoms with E-state index in [2.05, 4.69) is 73.5 Å². The predicted molar refractivity (Wildman–Crippen MR) is 108 cm³/mol. The molecule has 1 aromatic carbocycles. The molecule has 7 nitrogen and oxygen atoms in total. The summed E-state index contributed by atoms with van der Waals surface area (Å²) in [5, 5.41) is 14.8. The Labute approximate surface area is 156 Å². The standard InChI is InChI=1S/C19H31N7/c1-4-18-24-23-16-26(18)15-13-22-19(20-2)21-12-8-9-14-25(3)17-10-6-5-7-11-17/h5-7,10-11,16H,4,8-9,12-15H2,1-3H3,(H2,20,21,22). The molecule has 0 aliphatic rings. The van der Waals surface area contributed by atoms with Crippen molar-refractivity contribution in [3.8, 4) is 0 Å². The summed E-state index contributed by atoms with van der Waals surface area (Å²) in [6.45, 7) is 5.67. The van der Waals surface area contributed by atoms with E-state index >= 15 is 0 Å². The van der Waals surface area contributed by atoms with Crippen LogP contribution in [0.15, 0.2) is 41.7 Å². The lowest BCUT2D eigenvalue weighted by molar-refractivity contribution is 0.627.